The number of nitrogens with zero attached hydrogens (tertiary/aromatic N) is 1. The summed E-state index contributed by atoms with van der Waals surface area (Å²) in [5.74, 6) is 1.02. The lowest BCUT2D eigenvalue weighted by Crippen LogP contribution is -2.23. The molecule has 0 aliphatic carbocycles. The van der Waals surface area contributed by atoms with Gasteiger partial charge in [-0.05, 0) is 48.1 Å². The first-order chi connectivity index (χ1) is 13.0. The van der Waals surface area contributed by atoms with Crippen LogP contribution in [0.1, 0.15) is 5.56 Å². The molecule has 0 heterocycles. The van der Waals surface area contributed by atoms with Crippen LogP contribution in [0.4, 0.5) is 5.69 Å². The summed E-state index contributed by atoms with van der Waals surface area (Å²) in [4.78, 5) is 10.8. The lowest BCUT2D eigenvalue weighted by atomic mass is 10.2. The van der Waals surface area contributed by atoms with Crippen LogP contribution in [0.5, 0.6) is 17.2 Å². The highest BCUT2D eigenvalue weighted by Crippen LogP contribution is 2.27. The fraction of sp³-hybridized carbons (Fsp3) is 0.167. The number of thiocarbonyl (C=S) groups is 1. The van der Waals surface area contributed by atoms with Crippen molar-refractivity contribution in [1.82, 2.24) is 5.43 Å². The second-order valence-corrected chi connectivity index (χ2v) is 5.63. The first-order valence-corrected chi connectivity index (χ1v) is 8.26. The number of hydrazone groups is 1. The third-order valence-electron chi connectivity index (χ3n) is 3.26. The van der Waals surface area contributed by atoms with Gasteiger partial charge in [0.2, 0.25) is 0 Å². The summed E-state index contributed by atoms with van der Waals surface area (Å²) in [6.45, 7) is -0.227. The molecule has 9 heteroatoms. The van der Waals surface area contributed by atoms with Crippen LogP contribution in [-0.2, 0) is 4.79 Å². The Morgan fingerprint density at radius 3 is 2.70 bits per heavy atom. The van der Waals surface area contributed by atoms with Crippen LogP contribution >= 0.6 is 12.2 Å². The predicted molar refractivity (Wildman–Crippen MR) is 108 cm³/mol. The summed E-state index contributed by atoms with van der Waals surface area (Å²) in [5, 5.41) is 7.41. The van der Waals surface area contributed by atoms with Crippen LogP contribution in [0.3, 0.4) is 0 Å². The maximum absolute atomic E-state index is 10.8. The van der Waals surface area contributed by atoms with Gasteiger partial charge in [0.05, 0.1) is 20.4 Å². The van der Waals surface area contributed by atoms with Gasteiger partial charge >= 0.3 is 0 Å². The minimum Gasteiger partial charge on any atom is -0.497 e. The van der Waals surface area contributed by atoms with Crippen molar-refractivity contribution in [3.63, 3.8) is 0 Å². The van der Waals surface area contributed by atoms with Gasteiger partial charge in [-0.3, -0.25) is 10.2 Å². The molecule has 27 heavy (non-hydrogen) atoms. The molecular weight excluding hydrogens is 368 g/mol. The van der Waals surface area contributed by atoms with Crippen molar-refractivity contribution in [2.45, 2.75) is 0 Å². The first-order valence-electron chi connectivity index (χ1n) is 7.85. The first kappa shape index (κ1) is 20.0. The summed E-state index contributed by atoms with van der Waals surface area (Å²) in [7, 11) is 3.09. The Hall–Kier alpha value is -3.33. The van der Waals surface area contributed by atoms with Crippen LogP contribution in [-0.4, -0.2) is 38.1 Å². The van der Waals surface area contributed by atoms with E-state index in [-0.39, 0.29) is 6.61 Å². The molecule has 0 aliphatic heterocycles. The second-order valence-electron chi connectivity index (χ2n) is 5.22. The standard InChI is InChI=1S/C18H20N4O4S/c1-24-14-5-3-4-13(9-14)21-18(27)22-20-10-12-6-7-15(16(8-12)25-2)26-11-17(19)23/h3-10H,11H2,1-2H3,(H2,19,23)(H2,21,22,27). The van der Waals surface area contributed by atoms with E-state index >= 15 is 0 Å². The molecule has 0 atom stereocenters. The average Bonchev–Trinajstić information content (AvgIpc) is 2.66. The molecule has 0 aliphatic rings. The van der Waals surface area contributed by atoms with Gasteiger partial charge < -0.3 is 25.3 Å². The van der Waals surface area contributed by atoms with Crippen molar-refractivity contribution < 1.29 is 19.0 Å². The van der Waals surface area contributed by atoms with E-state index in [2.05, 4.69) is 15.8 Å². The molecule has 4 N–H and O–H groups in total. The Bertz CT molecular complexity index is 842. The van der Waals surface area contributed by atoms with E-state index in [9.17, 15) is 4.79 Å². The highest BCUT2D eigenvalue weighted by molar-refractivity contribution is 7.80. The quantitative estimate of drug-likeness (QED) is 0.360. The smallest absolute Gasteiger partial charge is 0.255 e. The summed E-state index contributed by atoms with van der Waals surface area (Å²) in [6, 6.07) is 12.5. The topological polar surface area (TPSA) is 107 Å². The molecule has 0 saturated heterocycles. The van der Waals surface area contributed by atoms with Crippen molar-refractivity contribution in [2.75, 3.05) is 26.1 Å². The molecule has 0 saturated carbocycles. The van der Waals surface area contributed by atoms with Crippen molar-refractivity contribution in [1.29, 1.82) is 0 Å². The third kappa shape index (κ3) is 6.48. The SMILES string of the molecule is COc1cccc(NC(=S)NN=Cc2ccc(OCC(N)=O)c(OC)c2)c1. The fourth-order valence-corrected chi connectivity index (χ4v) is 2.23. The monoisotopic (exact) mass is 388 g/mol. The van der Waals surface area contributed by atoms with Gasteiger partial charge in [0.1, 0.15) is 5.75 Å². The van der Waals surface area contributed by atoms with Crippen LogP contribution in [0.15, 0.2) is 47.6 Å². The maximum atomic E-state index is 10.8. The third-order valence-corrected chi connectivity index (χ3v) is 3.46. The zero-order chi connectivity index (χ0) is 19.6. The Morgan fingerprint density at radius 1 is 1.19 bits per heavy atom. The van der Waals surface area contributed by atoms with E-state index < -0.39 is 5.91 Å². The number of hydrogen-bond acceptors (Lipinski definition) is 6. The number of methoxy groups -OCH3 is 2. The number of carbonyl (C=O) groups is 1. The van der Waals surface area contributed by atoms with E-state index in [1.807, 2.05) is 24.3 Å². The highest BCUT2D eigenvalue weighted by Gasteiger charge is 2.06. The van der Waals surface area contributed by atoms with E-state index in [1.165, 1.54) is 7.11 Å². The Morgan fingerprint density at radius 2 is 2.00 bits per heavy atom. The Kier molecular flexibility index (Phi) is 7.38. The molecule has 2 aromatic rings. The lowest BCUT2D eigenvalue weighted by Gasteiger charge is -2.10. The van der Waals surface area contributed by atoms with E-state index in [1.54, 1.807) is 31.5 Å². The van der Waals surface area contributed by atoms with Gasteiger partial charge in [-0.2, -0.15) is 5.10 Å². The number of amides is 1. The van der Waals surface area contributed by atoms with Crippen LogP contribution in [0.2, 0.25) is 0 Å². The van der Waals surface area contributed by atoms with Crippen molar-refractivity contribution in [2.24, 2.45) is 10.8 Å². The Balaban J connectivity index is 1.94. The molecule has 0 spiro atoms. The van der Waals surface area contributed by atoms with E-state index in [0.717, 1.165) is 17.0 Å². The van der Waals surface area contributed by atoms with Crippen molar-refractivity contribution >= 4 is 35.1 Å². The molecule has 0 bridgehead atoms. The second kappa shape index (κ2) is 9.97. The number of hydrogen-bond donors (Lipinski definition) is 3. The number of nitrogens with two attached hydrogens (primary N) is 1. The average molecular weight is 388 g/mol. The number of rotatable bonds is 8. The molecule has 1 amide bonds. The van der Waals surface area contributed by atoms with Crippen LogP contribution in [0, 0.1) is 0 Å². The van der Waals surface area contributed by atoms with Gasteiger partial charge in [0.25, 0.3) is 5.91 Å². The molecule has 142 valence electrons. The van der Waals surface area contributed by atoms with Crippen LogP contribution < -0.4 is 30.7 Å². The van der Waals surface area contributed by atoms with Crippen LogP contribution in [0.25, 0.3) is 0 Å². The van der Waals surface area contributed by atoms with Crippen molar-refractivity contribution in [3.8, 4) is 17.2 Å². The molecular formula is C18H20N4O4S. The molecule has 0 aromatic heterocycles. The lowest BCUT2D eigenvalue weighted by molar-refractivity contribution is -0.119. The fourth-order valence-electron chi connectivity index (χ4n) is 2.06. The van der Waals surface area contributed by atoms with Gasteiger partial charge in [-0.15, -0.1) is 0 Å². The molecule has 2 aromatic carbocycles. The van der Waals surface area contributed by atoms with Gasteiger partial charge in [0.15, 0.2) is 23.2 Å². The largest absolute Gasteiger partial charge is 0.497 e. The summed E-state index contributed by atoms with van der Waals surface area (Å²) in [5.41, 5.74) is 9.32. The van der Waals surface area contributed by atoms with Gasteiger partial charge in [0, 0.05) is 11.8 Å². The molecule has 0 fully saturated rings. The molecule has 0 radical (unpaired) electrons. The maximum Gasteiger partial charge on any atom is 0.255 e. The van der Waals surface area contributed by atoms with Crippen molar-refractivity contribution in [3.05, 3.63) is 48.0 Å². The molecule has 2 rings (SSSR count). The normalized spacial score (nSPS) is 10.3. The number of primary amides is 1. The molecule has 8 nitrogen and oxygen atoms in total. The summed E-state index contributed by atoms with van der Waals surface area (Å²) >= 11 is 5.19. The number of benzene rings is 2. The number of nitrogens with one attached hydrogen (secondary N) is 2. The van der Waals surface area contributed by atoms with E-state index in [4.69, 9.17) is 32.2 Å². The number of ether oxygens (including phenoxy) is 3. The summed E-state index contributed by atoms with van der Waals surface area (Å²) in [6.07, 6.45) is 1.57. The number of carbonyl (C=O) groups excluding carboxylic acids is 1. The minimum atomic E-state index is -0.566. The minimum absolute atomic E-state index is 0.227. The molecule has 0 unspecified atom stereocenters. The highest BCUT2D eigenvalue weighted by atomic mass is 32.1. The predicted octanol–water partition coefficient (Wildman–Crippen LogP) is 1.89. The van der Waals surface area contributed by atoms with Gasteiger partial charge in [-0.25, -0.2) is 0 Å². The summed E-state index contributed by atoms with van der Waals surface area (Å²) < 4.78 is 15.7. The zero-order valence-electron chi connectivity index (χ0n) is 14.9. The zero-order valence-corrected chi connectivity index (χ0v) is 15.7. The van der Waals surface area contributed by atoms with Gasteiger partial charge in [-0.1, -0.05) is 6.07 Å². The number of anilines is 1. The van der Waals surface area contributed by atoms with E-state index in [0.29, 0.717) is 16.6 Å². The Labute approximate surface area is 162 Å².